The molecule has 0 unspecified atom stereocenters. The fraction of sp³-hybridized carbons (Fsp3) is 0.667. The fourth-order valence-corrected chi connectivity index (χ4v) is 5.44. The lowest BCUT2D eigenvalue weighted by Gasteiger charge is -2.36. The van der Waals surface area contributed by atoms with Crippen LogP contribution in [-0.4, -0.2) is 50.3 Å². The molecular weight excluding hydrogens is 392 g/mol. The standard InChI is InChI=1S/C21H32N2O5S/c1-15-7-10-18(11-8-15)29(26,27)23-19-12-9-17(28-20(19)14-24)13-21(25)22-16-5-3-2-4-6-16/h7-8,10-11,16-17,19-20,23-24H,2-6,9,12-14H2,1H3,(H,22,25)/t17-,19+,20+/m0/s1. The van der Waals surface area contributed by atoms with Gasteiger partial charge in [-0.1, -0.05) is 37.0 Å². The maximum Gasteiger partial charge on any atom is 0.240 e. The van der Waals surface area contributed by atoms with Gasteiger partial charge in [0.25, 0.3) is 0 Å². The second kappa shape index (κ2) is 10.0. The predicted octanol–water partition coefficient (Wildman–Crippen LogP) is 2.02. The number of hydrogen-bond acceptors (Lipinski definition) is 5. The number of aliphatic hydroxyl groups excluding tert-OH is 1. The van der Waals surface area contributed by atoms with Crippen molar-refractivity contribution in [3.05, 3.63) is 29.8 Å². The highest BCUT2D eigenvalue weighted by molar-refractivity contribution is 7.89. The minimum Gasteiger partial charge on any atom is -0.394 e. The number of carbonyl (C=O) groups excluding carboxylic acids is 1. The number of aryl methyl sites for hydroxylation is 1. The van der Waals surface area contributed by atoms with Gasteiger partial charge in [0.05, 0.1) is 36.2 Å². The van der Waals surface area contributed by atoms with Gasteiger partial charge in [-0.25, -0.2) is 13.1 Å². The first kappa shape index (κ1) is 22.2. The van der Waals surface area contributed by atoms with Gasteiger partial charge in [-0.15, -0.1) is 0 Å². The molecular formula is C21H32N2O5S. The molecule has 3 rings (SSSR count). The van der Waals surface area contributed by atoms with E-state index in [0.717, 1.165) is 31.2 Å². The van der Waals surface area contributed by atoms with Gasteiger partial charge in [-0.05, 0) is 44.7 Å². The molecule has 2 aliphatic rings. The molecule has 3 atom stereocenters. The normalized spacial score (nSPS) is 26.2. The molecule has 1 amide bonds. The average molecular weight is 425 g/mol. The van der Waals surface area contributed by atoms with E-state index in [9.17, 15) is 18.3 Å². The summed E-state index contributed by atoms with van der Waals surface area (Å²) in [5, 5.41) is 12.8. The molecule has 1 aromatic rings. The molecule has 0 radical (unpaired) electrons. The Morgan fingerprint density at radius 1 is 1.10 bits per heavy atom. The number of carbonyl (C=O) groups is 1. The summed E-state index contributed by atoms with van der Waals surface area (Å²) in [6, 6.07) is 6.35. The molecule has 0 spiro atoms. The summed E-state index contributed by atoms with van der Waals surface area (Å²) in [4.78, 5) is 12.5. The molecule has 162 valence electrons. The third-order valence-corrected chi connectivity index (χ3v) is 7.32. The van der Waals surface area contributed by atoms with Crippen LogP contribution >= 0.6 is 0 Å². The van der Waals surface area contributed by atoms with Gasteiger partial charge in [-0.2, -0.15) is 0 Å². The minimum absolute atomic E-state index is 0.0303. The van der Waals surface area contributed by atoms with Crippen LogP contribution in [0.25, 0.3) is 0 Å². The van der Waals surface area contributed by atoms with Crippen molar-refractivity contribution in [2.75, 3.05) is 6.61 Å². The molecule has 8 heteroatoms. The Hall–Kier alpha value is -1.48. The zero-order valence-electron chi connectivity index (χ0n) is 17.0. The minimum atomic E-state index is -3.70. The molecule has 3 N–H and O–H groups in total. The van der Waals surface area contributed by atoms with Crippen molar-refractivity contribution in [1.29, 1.82) is 0 Å². The summed E-state index contributed by atoms with van der Waals surface area (Å²) < 4.78 is 33.8. The molecule has 1 aromatic carbocycles. The van der Waals surface area contributed by atoms with E-state index >= 15 is 0 Å². The van der Waals surface area contributed by atoms with E-state index in [1.807, 2.05) is 6.92 Å². The van der Waals surface area contributed by atoms with Crippen LogP contribution in [-0.2, 0) is 19.6 Å². The van der Waals surface area contributed by atoms with Gasteiger partial charge in [0, 0.05) is 6.04 Å². The molecule has 2 fully saturated rings. The summed E-state index contributed by atoms with van der Waals surface area (Å²) in [6.07, 6.45) is 5.93. The van der Waals surface area contributed by atoms with Crippen molar-refractivity contribution in [1.82, 2.24) is 10.0 Å². The number of benzene rings is 1. The van der Waals surface area contributed by atoms with Crippen LogP contribution in [0.15, 0.2) is 29.2 Å². The molecule has 0 aromatic heterocycles. The molecule has 1 saturated heterocycles. The first-order valence-electron chi connectivity index (χ1n) is 10.5. The van der Waals surface area contributed by atoms with Crippen molar-refractivity contribution in [3.8, 4) is 0 Å². The molecule has 1 aliphatic heterocycles. The van der Waals surface area contributed by atoms with Crippen molar-refractivity contribution in [2.45, 2.75) is 87.5 Å². The summed E-state index contributed by atoms with van der Waals surface area (Å²) in [6.45, 7) is 1.59. The third-order valence-electron chi connectivity index (χ3n) is 5.82. The highest BCUT2D eigenvalue weighted by atomic mass is 32.2. The maximum absolute atomic E-state index is 12.6. The zero-order chi connectivity index (χ0) is 20.9. The number of ether oxygens (including phenoxy) is 1. The van der Waals surface area contributed by atoms with E-state index in [1.165, 1.54) is 6.42 Å². The second-order valence-electron chi connectivity index (χ2n) is 8.20. The van der Waals surface area contributed by atoms with Gasteiger partial charge < -0.3 is 15.2 Å². The lowest BCUT2D eigenvalue weighted by molar-refractivity contribution is -0.131. The van der Waals surface area contributed by atoms with Crippen molar-refractivity contribution in [2.24, 2.45) is 0 Å². The quantitative estimate of drug-likeness (QED) is 0.621. The maximum atomic E-state index is 12.6. The number of sulfonamides is 1. The Bertz CT molecular complexity index is 775. The van der Waals surface area contributed by atoms with Crippen LogP contribution in [0.3, 0.4) is 0 Å². The van der Waals surface area contributed by atoms with Gasteiger partial charge in [-0.3, -0.25) is 4.79 Å². The topological polar surface area (TPSA) is 105 Å². The molecule has 0 bridgehead atoms. The summed E-state index contributed by atoms with van der Waals surface area (Å²) in [5.74, 6) is -0.0303. The van der Waals surface area contributed by atoms with Gasteiger partial charge in [0.15, 0.2) is 0 Å². The van der Waals surface area contributed by atoms with E-state index in [4.69, 9.17) is 4.74 Å². The van der Waals surface area contributed by atoms with E-state index in [0.29, 0.717) is 12.8 Å². The number of hydrogen-bond donors (Lipinski definition) is 3. The Balaban J connectivity index is 1.53. The van der Waals surface area contributed by atoms with Crippen LogP contribution in [0.5, 0.6) is 0 Å². The molecule has 1 aliphatic carbocycles. The lowest BCUT2D eigenvalue weighted by Crippen LogP contribution is -2.51. The number of amides is 1. The molecule has 29 heavy (non-hydrogen) atoms. The zero-order valence-corrected chi connectivity index (χ0v) is 17.8. The van der Waals surface area contributed by atoms with E-state index in [1.54, 1.807) is 24.3 Å². The van der Waals surface area contributed by atoms with Crippen LogP contribution in [0.1, 0.15) is 56.9 Å². The average Bonchev–Trinajstić information content (AvgIpc) is 2.70. The van der Waals surface area contributed by atoms with Crippen molar-refractivity contribution in [3.63, 3.8) is 0 Å². The van der Waals surface area contributed by atoms with Crippen LogP contribution < -0.4 is 10.0 Å². The van der Waals surface area contributed by atoms with Crippen LogP contribution in [0.2, 0.25) is 0 Å². The Kier molecular flexibility index (Phi) is 7.67. The first-order valence-corrected chi connectivity index (χ1v) is 12.0. The highest BCUT2D eigenvalue weighted by Gasteiger charge is 2.35. The van der Waals surface area contributed by atoms with Gasteiger partial charge in [0.2, 0.25) is 15.9 Å². The van der Waals surface area contributed by atoms with Crippen molar-refractivity contribution < 1.29 is 23.1 Å². The van der Waals surface area contributed by atoms with Gasteiger partial charge in [0.1, 0.15) is 0 Å². The number of aliphatic hydroxyl groups is 1. The highest BCUT2D eigenvalue weighted by Crippen LogP contribution is 2.24. The summed E-state index contributed by atoms with van der Waals surface area (Å²) in [7, 11) is -3.70. The Labute approximate surface area is 173 Å². The van der Waals surface area contributed by atoms with Gasteiger partial charge >= 0.3 is 0 Å². The van der Waals surface area contributed by atoms with Crippen molar-refractivity contribution >= 4 is 15.9 Å². The lowest BCUT2D eigenvalue weighted by atomic mass is 9.94. The van der Waals surface area contributed by atoms with Crippen LogP contribution in [0.4, 0.5) is 0 Å². The molecule has 7 nitrogen and oxygen atoms in total. The SMILES string of the molecule is Cc1ccc(S(=O)(=O)N[C@@H]2CC[C@@H](CC(=O)NC3CCCCC3)O[C@@H]2CO)cc1. The summed E-state index contributed by atoms with van der Waals surface area (Å²) >= 11 is 0. The largest absolute Gasteiger partial charge is 0.394 e. The molecule has 1 saturated carbocycles. The monoisotopic (exact) mass is 424 g/mol. The Morgan fingerprint density at radius 3 is 2.45 bits per heavy atom. The second-order valence-corrected chi connectivity index (χ2v) is 9.92. The number of rotatable bonds is 7. The van der Waals surface area contributed by atoms with E-state index < -0.39 is 22.2 Å². The van der Waals surface area contributed by atoms with E-state index in [2.05, 4.69) is 10.0 Å². The summed E-state index contributed by atoms with van der Waals surface area (Å²) in [5.41, 5.74) is 0.979. The smallest absolute Gasteiger partial charge is 0.240 e. The first-order chi connectivity index (χ1) is 13.9. The predicted molar refractivity (Wildman–Crippen MR) is 110 cm³/mol. The fourth-order valence-electron chi connectivity index (χ4n) is 4.14. The van der Waals surface area contributed by atoms with Crippen LogP contribution in [0, 0.1) is 6.92 Å². The number of nitrogens with one attached hydrogen (secondary N) is 2. The van der Waals surface area contributed by atoms with E-state index in [-0.39, 0.29) is 36.0 Å². The Morgan fingerprint density at radius 2 is 1.79 bits per heavy atom. The molecule has 1 heterocycles. The third kappa shape index (κ3) is 6.25.